The fourth-order valence-electron chi connectivity index (χ4n) is 1.61. The maximum Gasteiger partial charge on any atom is 0.170 e. The predicted octanol–water partition coefficient (Wildman–Crippen LogP) is 3.15. The van der Waals surface area contributed by atoms with Crippen LogP contribution in [-0.4, -0.2) is 11.0 Å². The summed E-state index contributed by atoms with van der Waals surface area (Å²) in [5.74, 6) is -0.692. The van der Waals surface area contributed by atoms with Gasteiger partial charge in [0, 0.05) is 16.1 Å². The first kappa shape index (κ1) is 14.1. The normalized spacial score (nSPS) is 11.4. The minimum Gasteiger partial charge on any atom is -0.486 e. The number of hydrogen-bond acceptors (Lipinski definition) is 3. The highest BCUT2D eigenvalue weighted by atomic mass is 35.5. The van der Waals surface area contributed by atoms with E-state index in [-0.39, 0.29) is 23.8 Å². The Morgan fingerprint density at radius 2 is 2.05 bits per heavy atom. The van der Waals surface area contributed by atoms with Gasteiger partial charge in [0.1, 0.15) is 6.61 Å². The molecule has 2 rings (SSSR count). The topological polar surface area (TPSA) is 67.8 Å². The lowest BCUT2D eigenvalue weighted by Gasteiger charge is -2.09. The predicted molar refractivity (Wildman–Crippen MR) is 74.7 cm³/mol. The summed E-state index contributed by atoms with van der Waals surface area (Å²) in [6.45, 7) is 0.152. The molecule has 20 heavy (non-hydrogen) atoms. The van der Waals surface area contributed by atoms with Gasteiger partial charge >= 0.3 is 0 Å². The van der Waals surface area contributed by atoms with Crippen LogP contribution >= 0.6 is 11.6 Å². The van der Waals surface area contributed by atoms with Crippen LogP contribution in [-0.2, 0) is 6.61 Å². The van der Waals surface area contributed by atoms with Crippen LogP contribution in [0.3, 0.4) is 0 Å². The van der Waals surface area contributed by atoms with Crippen molar-refractivity contribution >= 4 is 17.4 Å². The van der Waals surface area contributed by atoms with Gasteiger partial charge in [-0.05, 0) is 24.3 Å². The molecule has 4 nitrogen and oxygen atoms in total. The summed E-state index contributed by atoms with van der Waals surface area (Å²) in [4.78, 5) is 0. The Morgan fingerprint density at radius 3 is 2.70 bits per heavy atom. The highest BCUT2D eigenvalue weighted by Gasteiger charge is 2.08. The van der Waals surface area contributed by atoms with Crippen molar-refractivity contribution in [3.05, 3.63) is 64.4 Å². The summed E-state index contributed by atoms with van der Waals surface area (Å²) in [6.07, 6.45) is 0. The van der Waals surface area contributed by atoms with Crippen molar-refractivity contribution in [2.45, 2.75) is 6.61 Å². The standard InChI is InChI=1S/C14H12ClFN2O2/c15-11-4-2-1-3-10(11)8-20-13-6-5-9(7-12(13)16)14(17)18-19/h1-7,19H,8H2,(H2,17,18). The number of nitrogens with two attached hydrogens (primary N) is 1. The van der Waals surface area contributed by atoms with Crippen molar-refractivity contribution in [1.82, 2.24) is 0 Å². The molecule has 0 radical (unpaired) electrons. The van der Waals surface area contributed by atoms with Gasteiger partial charge in [0.15, 0.2) is 17.4 Å². The number of amidine groups is 1. The van der Waals surface area contributed by atoms with Crippen LogP contribution in [0.15, 0.2) is 47.6 Å². The first-order valence-electron chi connectivity index (χ1n) is 5.75. The minimum atomic E-state index is -0.596. The zero-order chi connectivity index (χ0) is 14.5. The number of oxime groups is 1. The number of benzene rings is 2. The summed E-state index contributed by atoms with van der Waals surface area (Å²) in [5, 5.41) is 11.9. The number of hydrogen-bond donors (Lipinski definition) is 2. The molecule has 2 aromatic rings. The Labute approximate surface area is 120 Å². The molecule has 0 aliphatic rings. The van der Waals surface area contributed by atoms with E-state index in [0.717, 1.165) is 11.6 Å². The van der Waals surface area contributed by atoms with E-state index in [4.69, 9.17) is 27.3 Å². The number of nitrogens with zero attached hydrogens (tertiary/aromatic N) is 1. The van der Waals surface area contributed by atoms with E-state index in [1.807, 2.05) is 6.07 Å². The Balaban J connectivity index is 2.13. The maximum atomic E-state index is 13.8. The second kappa shape index (κ2) is 6.25. The smallest absolute Gasteiger partial charge is 0.170 e. The molecule has 0 unspecified atom stereocenters. The number of ether oxygens (including phenoxy) is 1. The fraction of sp³-hybridized carbons (Fsp3) is 0.0714. The molecule has 0 bridgehead atoms. The van der Waals surface area contributed by atoms with Crippen molar-refractivity contribution in [2.75, 3.05) is 0 Å². The molecule has 0 aliphatic heterocycles. The Morgan fingerprint density at radius 1 is 1.30 bits per heavy atom. The Bertz CT molecular complexity index is 647. The van der Waals surface area contributed by atoms with Gasteiger partial charge in [0.25, 0.3) is 0 Å². The Kier molecular flexibility index (Phi) is 4.42. The summed E-state index contributed by atoms with van der Waals surface area (Å²) < 4.78 is 19.2. The molecule has 6 heteroatoms. The maximum absolute atomic E-state index is 13.8. The highest BCUT2D eigenvalue weighted by molar-refractivity contribution is 6.31. The highest BCUT2D eigenvalue weighted by Crippen LogP contribution is 2.22. The third kappa shape index (κ3) is 3.19. The van der Waals surface area contributed by atoms with E-state index in [1.54, 1.807) is 18.2 Å². The second-order valence-corrected chi connectivity index (χ2v) is 4.42. The van der Waals surface area contributed by atoms with Crippen molar-refractivity contribution in [3.63, 3.8) is 0 Å². The number of rotatable bonds is 4. The molecule has 0 saturated carbocycles. The summed E-state index contributed by atoms with van der Waals surface area (Å²) in [7, 11) is 0. The van der Waals surface area contributed by atoms with Crippen molar-refractivity contribution in [3.8, 4) is 5.75 Å². The second-order valence-electron chi connectivity index (χ2n) is 4.01. The van der Waals surface area contributed by atoms with Gasteiger partial charge in [-0.25, -0.2) is 4.39 Å². The van der Waals surface area contributed by atoms with Gasteiger partial charge in [0.2, 0.25) is 0 Å². The SMILES string of the molecule is N/C(=N\O)c1ccc(OCc2ccccc2Cl)c(F)c1. The minimum absolute atomic E-state index is 0.0689. The van der Waals surface area contributed by atoms with E-state index in [9.17, 15) is 4.39 Å². The van der Waals surface area contributed by atoms with Gasteiger partial charge < -0.3 is 15.7 Å². The zero-order valence-electron chi connectivity index (χ0n) is 10.4. The summed E-state index contributed by atoms with van der Waals surface area (Å²) >= 11 is 5.98. The van der Waals surface area contributed by atoms with Gasteiger partial charge in [-0.2, -0.15) is 0 Å². The molecule has 0 atom stereocenters. The molecule has 3 N–H and O–H groups in total. The van der Waals surface area contributed by atoms with Crippen molar-refractivity contribution in [1.29, 1.82) is 0 Å². The molecule has 0 heterocycles. The van der Waals surface area contributed by atoms with Crippen molar-refractivity contribution < 1.29 is 14.3 Å². The van der Waals surface area contributed by atoms with Crippen LogP contribution in [0.5, 0.6) is 5.75 Å². The monoisotopic (exact) mass is 294 g/mol. The van der Waals surface area contributed by atoms with Gasteiger partial charge in [-0.15, -0.1) is 0 Å². The molecular weight excluding hydrogens is 283 g/mol. The molecule has 2 aromatic carbocycles. The molecule has 0 aromatic heterocycles. The molecule has 104 valence electrons. The molecule has 0 amide bonds. The van der Waals surface area contributed by atoms with Crippen LogP contribution < -0.4 is 10.5 Å². The van der Waals surface area contributed by atoms with Crippen LogP contribution in [0.25, 0.3) is 0 Å². The average molecular weight is 295 g/mol. The zero-order valence-corrected chi connectivity index (χ0v) is 11.1. The van der Waals surface area contributed by atoms with Crippen molar-refractivity contribution in [2.24, 2.45) is 10.9 Å². The lowest BCUT2D eigenvalue weighted by atomic mass is 10.2. The molecule has 0 fully saturated rings. The summed E-state index contributed by atoms with van der Waals surface area (Å²) in [5.41, 5.74) is 6.40. The first-order chi connectivity index (χ1) is 9.61. The van der Waals surface area contributed by atoms with Crippen LogP contribution in [0.2, 0.25) is 5.02 Å². The third-order valence-electron chi connectivity index (χ3n) is 2.68. The molecule has 0 spiro atoms. The van der Waals surface area contributed by atoms with E-state index in [1.165, 1.54) is 12.1 Å². The van der Waals surface area contributed by atoms with E-state index in [0.29, 0.717) is 5.02 Å². The summed E-state index contributed by atoms with van der Waals surface area (Å²) in [6, 6.07) is 11.2. The quantitative estimate of drug-likeness (QED) is 0.394. The number of halogens is 2. The molecule has 0 aliphatic carbocycles. The van der Waals surface area contributed by atoms with E-state index >= 15 is 0 Å². The molecular formula is C14H12ClFN2O2. The van der Waals surface area contributed by atoms with Crippen LogP contribution in [0, 0.1) is 5.82 Å². The first-order valence-corrected chi connectivity index (χ1v) is 6.13. The van der Waals surface area contributed by atoms with Crippen LogP contribution in [0.1, 0.15) is 11.1 Å². The third-order valence-corrected chi connectivity index (χ3v) is 3.05. The van der Waals surface area contributed by atoms with E-state index < -0.39 is 5.82 Å². The fourth-order valence-corrected chi connectivity index (χ4v) is 1.80. The Hall–Kier alpha value is -2.27. The van der Waals surface area contributed by atoms with Gasteiger partial charge in [0.05, 0.1) is 0 Å². The lowest BCUT2D eigenvalue weighted by Crippen LogP contribution is -2.13. The molecule has 0 saturated heterocycles. The van der Waals surface area contributed by atoms with Gasteiger partial charge in [-0.3, -0.25) is 0 Å². The average Bonchev–Trinajstić information content (AvgIpc) is 2.46. The van der Waals surface area contributed by atoms with E-state index in [2.05, 4.69) is 5.16 Å². The largest absolute Gasteiger partial charge is 0.486 e. The van der Waals surface area contributed by atoms with Gasteiger partial charge in [-0.1, -0.05) is 35.0 Å². The lowest BCUT2D eigenvalue weighted by molar-refractivity contribution is 0.290. The van der Waals surface area contributed by atoms with Crippen LogP contribution in [0.4, 0.5) is 4.39 Å².